The Morgan fingerprint density at radius 1 is 1.28 bits per heavy atom. The maximum absolute atomic E-state index is 14.9. The van der Waals surface area contributed by atoms with Crippen LogP contribution in [0.4, 0.5) is 10.2 Å². The number of hydrogen-bond acceptors (Lipinski definition) is 6. The summed E-state index contributed by atoms with van der Waals surface area (Å²) in [7, 11) is 1.83. The summed E-state index contributed by atoms with van der Waals surface area (Å²) in [5, 5.41) is 8.76. The minimum Gasteiger partial charge on any atom is -0.377 e. The Morgan fingerprint density at radius 3 is 2.97 bits per heavy atom. The number of ether oxygens (including phenoxy) is 1. The van der Waals surface area contributed by atoms with Gasteiger partial charge in [0.25, 0.3) is 0 Å². The van der Waals surface area contributed by atoms with E-state index in [4.69, 9.17) is 9.72 Å². The maximum Gasteiger partial charge on any atom is 0.223 e. The van der Waals surface area contributed by atoms with E-state index in [9.17, 15) is 4.39 Å². The summed E-state index contributed by atoms with van der Waals surface area (Å²) in [4.78, 5) is 14.0. The van der Waals surface area contributed by atoms with Gasteiger partial charge in [0.15, 0.2) is 0 Å². The second kappa shape index (κ2) is 6.93. The summed E-state index contributed by atoms with van der Waals surface area (Å²) >= 11 is 0. The van der Waals surface area contributed by atoms with Crippen LogP contribution in [0, 0.1) is 5.95 Å². The van der Waals surface area contributed by atoms with Crippen molar-refractivity contribution in [1.29, 1.82) is 0 Å². The fourth-order valence-corrected chi connectivity index (χ4v) is 3.81. The first-order chi connectivity index (χ1) is 14.1. The lowest BCUT2D eigenvalue weighted by molar-refractivity contribution is 0.0985. The van der Waals surface area contributed by atoms with Crippen molar-refractivity contribution in [2.45, 2.75) is 13.0 Å². The van der Waals surface area contributed by atoms with Gasteiger partial charge in [-0.05, 0) is 25.1 Å². The number of nitrogens with zero attached hydrogens (tertiary/aromatic N) is 6. The number of morpholine rings is 1. The third-order valence-electron chi connectivity index (χ3n) is 5.30. The van der Waals surface area contributed by atoms with E-state index in [-0.39, 0.29) is 6.04 Å². The third-order valence-corrected chi connectivity index (χ3v) is 5.30. The van der Waals surface area contributed by atoms with Crippen LogP contribution in [0.3, 0.4) is 0 Å². The number of anilines is 1. The van der Waals surface area contributed by atoms with Crippen molar-refractivity contribution in [3.8, 4) is 22.5 Å². The molecule has 4 aromatic rings. The Balaban J connectivity index is 1.74. The lowest BCUT2D eigenvalue weighted by Gasteiger charge is -2.34. The molecule has 1 N–H and O–H groups in total. The highest BCUT2D eigenvalue weighted by molar-refractivity contribution is 5.94. The van der Waals surface area contributed by atoms with Crippen molar-refractivity contribution in [3.05, 3.63) is 42.7 Å². The Hall–Kier alpha value is -3.33. The van der Waals surface area contributed by atoms with E-state index in [0.29, 0.717) is 24.5 Å². The predicted molar refractivity (Wildman–Crippen MR) is 107 cm³/mol. The fraction of sp³-hybridized carbons (Fsp3) is 0.300. The van der Waals surface area contributed by atoms with Gasteiger partial charge in [0.05, 0.1) is 54.1 Å². The lowest BCUT2D eigenvalue weighted by atomic mass is 10.0. The second-order valence-electron chi connectivity index (χ2n) is 7.19. The van der Waals surface area contributed by atoms with Gasteiger partial charge in [0.2, 0.25) is 5.95 Å². The van der Waals surface area contributed by atoms with Crippen molar-refractivity contribution in [2.75, 3.05) is 24.7 Å². The van der Waals surface area contributed by atoms with Crippen LogP contribution in [-0.2, 0) is 11.8 Å². The molecular weight excluding hydrogens is 373 g/mol. The quantitative estimate of drug-likeness (QED) is 0.539. The van der Waals surface area contributed by atoms with E-state index >= 15 is 0 Å². The predicted octanol–water partition coefficient (Wildman–Crippen LogP) is 2.78. The normalized spacial score (nSPS) is 17.2. The molecule has 5 heterocycles. The Kier molecular flexibility index (Phi) is 4.24. The summed E-state index contributed by atoms with van der Waals surface area (Å²) in [5.74, 6) is 0.215. The van der Waals surface area contributed by atoms with Gasteiger partial charge in [-0.2, -0.15) is 4.39 Å². The average Bonchev–Trinajstić information content (AvgIpc) is 3.36. The topological polar surface area (TPSA) is 84.8 Å². The van der Waals surface area contributed by atoms with Gasteiger partial charge in [-0.15, -0.1) is 5.10 Å². The number of aromatic amines is 1. The Labute approximate surface area is 166 Å². The van der Waals surface area contributed by atoms with Gasteiger partial charge >= 0.3 is 0 Å². The van der Waals surface area contributed by atoms with Gasteiger partial charge in [-0.3, -0.25) is 0 Å². The van der Waals surface area contributed by atoms with Crippen molar-refractivity contribution >= 4 is 16.7 Å². The number of aromatic nitrogens is 6. The van der Waals surface area contributed by atoms with Crippen molar-refractivity contribution in [3.63, 3.8) is 0 Å². The molecular formula is C20H20FN7O. The van der Waals surface area contributed by atoms with Crippen molar-refractivity contribution in [2.24, 2.45) is 7.05 Å². The van der Waals surface area contributed by atoms with Crippen LogP contribution in [0.2, 0.25) is 0 Å². The molecule has 1 saturated heterocycles. The first-order valence-electron chi connectivity index (χ1n) is 9.45. The van der Waals surface area contributed by atoms with Crippen LogP contribution in [0.5, 0.6) is 0 Å². The highest BCUT2D eigenvalue weighted by Crippen LogP contribution is 2.34. The molecule has 0 unspecified atom stereocenters. The van der Waals surface area contributed by atoms with Gasteiger partial charge in [0, 0.05) is 30.7 Å². The average molecular weight is 393 g/mol. The van der Waals surface area contributed by atoms with Crippen molar-refractivity contribution in [1.82, 2.24) is 29.9 Å². The molecule has 4 aromatic heterocycles. The largest absolute Gasteiger partial charge is 0.377 e. The molecule has 0 bridgehead atoms. The summed E-state index contributed by atoms with van der Waals surface area (Å²) in [6.45, 7) is 4.06. The highest BCUT2D eigenvalue weighted by atomic mass is 19.1. The molecule has 0 saturated carbocycles. The zero-order chi connectivity index (χ0) is 20.0. The van der Waals surface area contributed by atoms with Gasteiger partial charge in [-0.1, -0.05) is 5.21 Å². The minimum atomic E-state index is -0.550. The number of rotatable bonds is 3. The molecule has 1 aliphatic heterocycles. The van der Waals surface area contributed by atoms with E-state index in [1.54, 1.807) is 17.1 Å². The van der Waals surface area contributed by atoms with Gasteiger partial charge in [-0.25, -0.2) is 14.6 Å². The summed E-state index contributed by atoms with van der Waals surface area (Å²) in [6.07, 6.45) is 4.96. The Bertz CT molecular complexity index is 1180. The standard InChI is InChI=1S/C20H20FN7O/c1-12-11-29-6-5-28(12)18-8-13(17-10-24-26-27(17)2)7-15(25-18)19-14-3-4-22-16(14)9-23-20(19)21/h3-4,7-10,12,22H,5-6,11H2,1-2H3/t12-/m1/s1. The summed E-state index contributed by atoms with van der Waals surface area (Å²) in [5.41, 5.74) is 3.35. The molecule has 8 nitrogen and oxygen atoms in total. The molecule has 1 atom stereocenters. The molecule has 0 aromatic carbocycles. The summed E-state index contributed by atoms with van der Waals surface area (Å²) < 4.78 is 22.1. The molecule has 0 radical (unpaired) electrons. The number of H-pyrrole nitrogens is 1. The van der Waals surface area contributed by atoms with Crippen LogP contribution < -0.4 is 4.90 Å². The lowest BCUT2D eigenvalue weighted by Crippen LogP contribution is -2.44. The van der Waals surface area contributed by atoms with Crippen LogP contribution in [0.1, 0.15) is 6.92 Å². The molecule has 0 aliphatic carbocycles. The molecule has 1 aliphatic rings. The van der Waals surface area contributed by atoms with Crippen LogP contribution in [-0.4, -0.2) is 55.7 Å². The highest BCUT2D eigenvalue weighted by Gasteiger charge is 2.23. The first-order valence-corrected chi connectivity index (χ1v) is 9.45. The van der Waals surface area contributed by atoms with E-state index in [2.05, 4.69) is 32.1 Å². The smallest absolute Gasteiger partial charge is 0.223 e. The number of halogens is 1. The summed E-state index contributed by atoms with van der Waals surface area (Å²) in [6, 6.07) is 5.86. The van der Waals surface area contributed by atoms with Gasteiger partial charge in [0.1, 0.15) is 5.82 Å². The van der Waals surface area contributed by atoms with E-state index in [1.807, 2.05) is 25.2 Å². The molecule has 1 fully saturated rings. The zero-order valence-corrected chi connectivity index (χ0v) is 16.1. The van der Waals surface area contributed by atoms with Gasteiger partial charge < -0.3 is 14.6 Å². The number of aryl methyl sites for hydroxylation is 1. The molecule has 9 heteroatoms. The molecule has 5 rings (SSSR count). The van der Waals surface area contributed by atoms with E-state index in [1.165, 1.54) is 6.20 Å². The number of pyridine rings is 2. The second-order valence-corrected chi connectivity index (χ2v) is 7.19. The molecule has 0 amide bonds. The monoisotopic (exact) mass is 393 g/mol. The first kappa shape index (κ1) is 17.7. The van der Waals surface area contributed by atoms with Crippen LogP contribution in [0.25, 0.3) is 33.4 Å². The minimum absolute atomic E-state index is 0.162. The zero-order valence-electron chi connectivity index (χ0n) is 16.1. The maximum atomic E-state index is 14.9. The van der Waals surface area contributed by atoms with Crippen molar-refractivity contribution < 1.29 is 9.13 Å². The molecule has 148 valence electrons. The SMILES string of the molecule is C[C@@H]1COCCN1c1cc(-c2cnnn2C)cc(-c2c(F)ncc3[nH]ccc23)n1. The number of hydrogen-bond donors (Lipinski definition) is 1. The number of fused-ring (bicyclic) bond motifs is 1. The Morgan fingerprint density at radius 2 is 2.17 bits per heavy atom. The van der Waals surface area contributed by atoms with Crippen LogP contribution >= 0.6 is 0 Å². The molecule has 29 heavy (non-hydrogen) atoms. The molecule has 0 spiro atoms. The van der Waals surface area contributed by atoms with E-state index < -0.39 is 5.95 Å². The fourth-order valence-electron chi connectivity index (χ4n) is 3.81. The van der Waals surface area contributed by atoms with Crippen LogP contribution in [0.15, 0.2) is 36.8 Å². The number of nitrogens with one attached hydrogen (secondary N) is 1. The third kappa shape index (κ3) is 3.03. The van der Waals surface area contributed by atoms with E-state index in [0.717, 1.165) is 34.5 Å².